The Morgan fingerprint density at radius 1 is 1.13 bits per heavy atom. The largest absolute Gasteiger partial charge is 0.489 e. The molecule has 206 valence electrons. The number of methoxy groups -OCH3 is 1. The number of fused-ring (bicyclic) bond motifs is 1. The van der Waals surface area contributed by atoms with Crippen LogP contribution >= 0.6 is 0 Å². The van der Waals surface area contributed by atoms with Crippen molar-refractivity contribution in [2.24, 2.45) is 5.92 Å². The summed E-state index contributed by atoms with van der Waals surface area (Å²) in [7, 11) is -2.58. The molecule has 1 aliphatic carbocycles. The molecule has 2 heterocycles. The Morgan fingerprint density at radius 2 is 1.82 bits per heavy atom. The first-order valence-corrected chi connectivity index (χ1v) is 14.0. The van der Waals surface area contributed by atoms with Gasteiger partial charge in [0.15, 0.2) is 0 Å². The number of sulfonamides is 1. The third kappa shape index (κ3) is 5.33. The van der Waals surface area contributed by atoms with Gasteiger partial charge in [-0.1, -0.05) is 18.2 Å². The Bertz CT molecular complexity index is 1500. The van der Waals surface area contributed by atoms with Crippen LogP contribution in [0.5, 0.6) is 5.75 Å². The molecule has 39 heavy (non-hydrogen) atoms. The summed E-state index contributed by atoms with van der Waals surface area (Å²) in [4.78, 5) is 31.0. The minimum absolute atomic E-state index is 0.0318. The fourth-order valence-corrected chi connectivity index (χ4v) is 6.40. The topological polar surface area (TPSA) is 147 Å². The SMILES string of the molecule is CO[C@H]1C[C@H](C(=O)N2CC(NS(=O)(=O)c3ccc(OCc4cc(C)nc5ccccc45)cc3)(C(=O)NO)C2)C1. The quantitative estimate of drug-likeness (QED) is 0.269. The zero-order chi connectivity index (χ0) is 27.8. The lowest BCUT2D eigenvalue weighted by Crippen LogP contribution is -2.77. The fourth-order valence-electron chi connectivity index (χ4n) is 5.05. The van der Waals surface area contributed by atoms with Crippen molar-refractivity contribution in [1.29, 1.82) is 0 Å². The molecule has 1 aliphatic heterocycles. The average Bonchev–Trinajstić information content (AvgIpc) is 2.88. The summed E-state index contributed by atoms with van der Waals surface area (Å²) in [5.74, 6) is -0.852. The highest BCUT2D eigenvalue weighted by atomic mass is 32.2. The maximum atomic E-state index is 13.2. The zero-order valence-corrected chi connectivity index (χ0v) is 22.4. The van der Waals surface area contributed by atoms with Gasteiger partial charge in [-0.3, -0.25) is 19.8 Å². The van der Waals surface area contributed by atoms with E-state index in [0.29, 0.717) is 18.6 Å². The number of para-hydroxylation sites is 1. The number of ether oxygens (including phenoxy) is 2. The van der Waals surface area contributed by atoms with E-state index in [4.69, 9.17) is 9.47 Å². The normalized spacial score (nSPS) is 20.1. The number of rotatable bonds is 9. The molecule has 12 heteroatoms. The zero-order valence-electron chi connectivity index (χ0n) is 21.6. The van der Waals surface area contributed by atoms with Gasteiger partial charge in [0.1, 0.15) is 17.9 Å². The van der Waals surface area contributed by atoms with Gasteiger partial charge in [-0.05, 0) is 56.2 Å². The number of hydrogen-bond acceptors (Lipinski definition) is 8. The maximum Gasteiger partial charge on any atom is 0.268 e. The number of nitrogens with one attached hydrogen (secondary N) is 2. The summed E-state index contributed by atoms with van der Waals surface area (Å²) in [6.45, 7) is 1.80. The fraction of sp³-hybridized carbons (Fsp3) is 0.370. The number of hydrogen-bond donors (Lipinski definition) is 3. The summed E-state index contributed by atoms with van der Waals surface area (Å²) < 4.78 is 39.8. The molecule has 1 saturated carbocycles. The molecular formula is C27H30N4O7S. The number of benzene rings is 2. The van der Waals surface area contributed by atoms with Crippen molar-refractivity contribution < 1.29 is 32.7 Å². The number of carbonyl (C=O) groups is 2. The van der Waals surface area contributed by atoms with Crippen LogP contribution in [0.1, 0.15) is 24.1 Å². The second-order valence-electron chi connectivity index (χ2n) is 10.0. The van der Waals surface area contributed by atoms with Gasteiger partial charge in [0.2, 0.25) is 15.9 Å². The third-order valence-corrected chi connectivity index (χ3v) is 8.89. The van der Waals surface area contributed by atoms with Crippen molar-refractivity contribution in [1.82, 2.24) is 20.1 Å². The molecule has 3 N–H and O–H groups in total. The van der Waals surface area contributed by atoms with Gasteiger partial charge in [-0.15, -0.1) is 0 Å². The summed E-state index contributed by atoms with van der Waals surface area (Å²) in [5, 5.41) is 10.2. The van der Waals surface area contributed by atoms with Gasteiger partial charge in [0.25, 0.3) is 5.91 Å². The first-order valence-electron chi connectivity index (χ1n) is 12.5. The van der Waals surface area contributed by atoms with Crippen molar-refractivity contribution in [2.45, 2.75) is 42.9 Å². The van der Waals surface area contributed by atoms with Gasteiger partial charge in [-0.2, -0.15) is 4.72 Å². The summed E-state index contributed by atoms with van der Waals surface area (Å²) in [5.41, 5.74) is 2.54. The highest BCUT2D eigenvalue weighted by molar-refractivity contribution is 7.89. The number of hydroxylamine groups is 1. The molecule has 0 bridgehead atoms. The van der Waals surface area contributed by atoms with E-state index in [1.54, 1.807) is 7.11 Å². The van der Waals surface area contributed by atoms with Crippen molar-refractivity contribution in [3.8, 4) is 5.75 Å². The van der Waals surface area contributed by atoms with Crippen molar-refractivity contribution in [2.75, 3.05) is 20.2 Å². The molecule has 1 aromatic heterocycles. The molecule has 0 radical (unpaired) electrons. The Hall–Kier alpha value is -3.58. The van der Waals surface area contributed by atoms with Crippen LogP contribution in [-0.2, 0) is 31.0 Å². The van der Waals surface area contributed by atoms with E-state index >= 15 is 0 Å². The second-order valence-corrected chi connectivity index (χ2v) is 11.7. The Labute approximate surface area is 226 Å². The lowest BCUT2D eigenvalue weighted by atomic mass is 9.79. The maximum absolute atomic E-state index is 13.2. The standard InChI is InChI=1S/C27H30N4O7S/c1-17-11-19(23-5-3-4-6-24(23)28-17)14-38-20-7-9-22(10-8-20)39(35,36)30-27(26(33)29-34)15-31(16-27)25(32)18-12-21(13-18)37-2/h3-11,18,21,30,34H,12-16H2,1-2H3,(H,29,33)/t18-,21-. The van der Waals surface area contributed by atoms with E-state index in [-0.39, 0.29) is 42.5 Å². The first-order chi connectivity index (χ1) is 18.6. The molecule has 3 aromatic rings. The van der Waals surface area contributed by atoms with Crippen LogP contribution in [-0.4, -0.2) is 67.2 Å². The highest BCUT2D eigenvalue weighted by Gasteiger charge is 2.55. The monoisotopic (exact) mass is 554 g/mol. The van der Waals surface area contributed by atoms with E-state index in [1.165, 1.54) is 34.6 Å². The smallest absolute Gasteiger partial charge is 0.268 e. The van der Waals surface area contributed by atoms with Crippen molar-refractivity contribution in [3.63, 3.8) is 0 Å². The van der Waals surface area contributed by atoms with Crippen LogP contribution < -0.4 is 14.9 Å². The minimum atomic E-state index is -4.17. The number of likely N-dealkylation sites (tertiary alicyclic amines) is 1. The lowest BCUT2D eigenvalue weighted by molar-refractivity contribution is -0.158. The number of aryl methyl sites for hydroxylation is 1. The van der Waals surface area contributed by atoms with Crippen LogP contribution in [0.3, 0.4) is 0 Å². The van der Waals surface area contributed by atoms with Crippen LogP contribution in [0.15, 0.2) is 59.5 Å². The van der Waals surface area contributed by atoms with Crippen LogP contribution in [0.4, 0.5) is 0 Å². The minimum Gasteiger partial charge on any atom is -0.489 e. The van der Waals surface area contributed by atoms with Crippen molar-refractivity contribution >= 4 is 32.7 Å². The molecule has 11 nitrogen and oxygen atoms in total. The lowest BCUT2D eigenvalue weighted by Gasteiger charge is -2.50. The molecule has 2 fully saturated rings. The Balaban J connectivity index is 1.25. The number of amides is 2. The number of aromatic nitrogens is 1. The number of carbonyl (C=O) groups excluding carboxylic acids is 2. The van der Waals surface area contributed by atoms with Gasteiger partial charge >= 0.3 is 0 Å². The van der Waals surface area contributed by atoms with E-state index in [1.807, 2.05) is 37.3 Å². The number of nitrogens with zero attached hydrogens (tertiary/aromatic N) is 2. The summed E-state index contributed by atoms with van der Waals surface area (Å²) in [6.07, 6.45) is 1.20. The second kappa shape index (κ2) is 10.5. The van der Waals surface area contributed by atoms with E-state index < -0.39 is 21.5 Å². The average molecular weight is 555 g/mol. The van der Waals surface area contributed by atoms with E-state index in [2.05, 4.69) is 9.71 Å². The molecule has 0 spiro atoms. The molecule has 2 amide bonds. The third-order valence-electron chi connectivity index (χ3n) is 7.33. The molecule has 2 aliphatic rings. The van der Waals surface area contributed by atoms with Gasteiger partial charge < -0.3 is 14.4 Å². The van der Waals surface area contributed by atoms with Crippen LogP contribution in [0.2, 0.25) is 0 Å². The predicted molar refractivity (Wildman–Crippen MR) is 140 cm³/mol. The Morgan fingerprint density at radius 3 is 2.49 bits per heavy atom. The molecule has 5 rings (SSSR count). The highest BCUT2D eigenvalue weighted by Crippen LogP contribution is 2.35. The molecule has 1 saturated heterocycles. The van der Waals surface area contributed by atoms with Gasteiger partial charge in [0.05, 0.1) is 29.6 Å². The summed E-state index contributed by atoms with van der Waals surface area (Å²) in [6, 6.07) is 15.5. The van der Waals surface area contributed by atoms with Crippen LogP contribution in [0.25, 0.3) is 10.9 Å². The predicted octanol–water partition coefficient (Wildman–Crippen LogP) is 1.91. The molecule has 2 aromatic carbocycles. The van der Waals surface area contributed by atoms with E-state index in [9.17, 15) is 23.2 Å². The molecular weight excluding hydrogens is 524 g/mol. The summed E-state index contributed by atoms with van der Waals surface area (Å²) >= 11 is 0. The van der Waals surface area contributed by atoms with E-state index in [0.717, 1.165) is 22.2 Å². The Kier molecular flexibility index (Phi) is 7.29. The van der Waals surface area contributed by atoms with Crippen LogP contribution in [0, 0.1) is 12.8 Å². The number of pyridine rings is 1. The molecule has 0 atom stereocenters. The van der Waals surface area contributed by atoms with Gasteiger partial charge in [0, 0.05) is 29.7 Å². The molecule has 0 unspecified atom stereocenters. The first kappa shape index (κ1) is 27.0. The van der Waals surface area contributed by atoms with Gasteiger partial charge in [-0.25, -0.2) is 13.9 Å². The van der Waals surface area contributed by atoms with Crippen molar-refractivity contribution in [3.05, 3.63) is 65.9 Å².